The van der Waals surface area contributed by atoms with Crippen molar-refractivity contribution < 1.29 is 18.3 Å². The lowest BCUT2D eigenvalue weighted by molar-refractivity contribution is 0.102. The summed E-state index contributed by atoms with van der Waals surface area (Å²) in [6, 6.07) is 21.4. The van der Waals surface area contributed by atoms with Crippen molar-refractivity contribution in [2.75, 3.05) is 16.7 Å². The molecule has 0 fully saturated rings. The second-order valence-corrected chi connectivity index (χ2v) is 8.05. The first kappa shape index (κ1) is 19.6. The van der Waals surface area contributed by atoms with E-state index in [-0.39, 0.29) is 17.1 Å². The highest BCUT2D eigenvalue weighted by molar-refractivity contribution is 7.92. The van der Waals surface area contributed by atoms with Crippen LogP contribution < -0.4 is 9.62 Å². The maximum atomic E-state index is 13.1. The van der Waals surface area contributed by atoms with Crippen LogP contribution in [0.4, 0.5) is 11.4 Å². The molecule has 28 heavy (non-hydrogen) atoms. The Kier molecular flexibility index (Phi) is 5.77. The minimum atomic E-state index is -3.94. The van der Waals surface area contributed by atoms with Crippen molar-refractivity contribution in [3.63, 3.8) is 0 Å². The molecule has 0 heterocycles. The summed E-state index contributed by atoms with van der Waals surface area (Å²) in [5, 5.41) is 11.9. The normalized spacial score (nSPS) is 11.1. The van der Waals surface area contributed by atoms with Crippen molar-refractivity contribution in [1.82, 2.24) is 0 Å². The minimum absolute atomic E-state index is 0.0414. The van der Waals surface area contributed by atoms with Gasteiger partial charge in [-0.2, -0.15) is 0 Å². The Hall–Kier alpha value is -3.16. The van der Waals surface area contributed by atoms with Crippen LogP contribution in [0.3, 0.4) is 0 Å². The highest BCUT2D eigenvalue weighted by atomic mass is 32.2. The van der Waals surface area contributed by atoms with Crippen LogP contribution in [0.1, 0.15) is 15.9 Å². The van der Waals surface area contributed by atoms with Gasteiger partial charge in [0.15, 0.2) is 0 Å². The fraction of sp³-hybridized carbons (Fsp3) is 0.0952. The number of nitrogens with one attached hydrogen (secondary N) is 1. The number of benzene rings is 3. The van der Waals surface area contributed by atoms with Crippen LogP contribution in [0.2, 0.25) is 0 Å². The minimum Gasteiger partial charge on any atom is -0.392 e. The van der Waals surface area contributed by atoms with E-state index in [0.717, 1.165) is 4.31 Å². The molecule has 0 radical (unpaired) electrons. The van der Waals surface area contributed by atoms with Crippen molar-refractivity contribution in [2.24, 2.45) is 0 Å². The first-order valence-corrected chi connectivity index (χ1v) is 10.0. The molecular weight excluding hydrogens is 376 g/mol. The van der Waals surface area contributed by atoms with E-state index in [9.17, 15) is 18.3 Å². The highest BCUT2D eigenvalue weighted by Crippen LogP contribution is 2.25. The monoisotopic (exact) mass is 396 g/mol. The van der Waals surface area contributed by atoms with Gasteiger partial charge in [-0.05, 0) is 42.0 Å². The number of carbonyl (C=O) groups is 1. The number of hydrogen-bond donors (Lipinski definition) is 2. The Morgan fingerprint density at radius 2 is 1.64 bits per heavy atom. The highest BCUT2D eigenvalue weighted by Gasteiger charge is 2.26. The molecule has 0 unspecified atom stereocenters. The molecule has 0 aliphatic rings. The van der Waals surface area contributed by atoms with Crippen LogP contribution in [-0.4, -0.2) is 26.5 Å². The molecule has 1 amide bonds. The average Bonchev–Trinajstić information content (AvgIpc) is 2.74. The van der Waals surface area contributed by atoms with Crippen molar-refractivity contribution in [2.45, 2.75) is 11.5 Å². The lowest BCUT2D eigenvalue weighted by atomic mass is 10.2. The molecule has 0 spiro atoms. The third-order valence-corrected chi connectivity index (χ3v) is 6.10. The summed E-state index contributed by atoms with van der Waals surface area (Å²) in [5.74, 6) is -0.546. The maximum Gasteiger partial charge on any atom is 0.264 e. The molecule has 0 aromatic heterocycles. The molecule has 0 bridgehead atoms. The fourth-order valence-corrected chi connectivity index (χ4v) is 4.13. The predicted octanol–water partition coefficient (Wildman–Crippen LogP) is 3.26. The summed E-state index contributed by atoms with van der Waals surface area (Å²) in [4.78, 5) is 12.7. The van der Waals surface area contributed by atoms with Gasteiger partial charge >= 0.3 is 0 Å². The molecule has 0 saturated heterocycles. The van der Waals surface area contributed by atoms with E-state index in [2.05, 4.69) is 5.32 Å². The van der Waals surface area contributed by atoms with Crippen LogP contribution in [0.5, 0.6) is 0 Å². The van der Waals surface area contributed by atoms with Gasteiger partial charge < -0.3 is 10.4 Å². The Morgan fingerprint density at radius 3 is 2.36 bits per heavy atom. The predicted molar refractivity (Wildman–Crippen MR) is 109 cm³/mol. The number of aliphatic hydroxyl groups excluding tert-OH is 1. The lowest BCUT2D eigenvalue weighted by Crippen LogP contribution is -2.28. The number of hydrogen-bond acceptors (Lipinski definition) is 4. The average molecular weight is 396 g/mol. The van der Waals surface area contributed by atoms with Crippen LogP contribution in [0, 0.1) is 0 Å². The number of nitrogens with zero attached hydrogens (tertiary/aromatic N) is 1. The van der Waals surface area contributed by atoms with Crippen LogP contribution in [0.15, 0.2) is 83.8 Å². The summed E-state index contributed by atoms with van der Waals surface area (Å²) in [7, 11) is -2.49. The van der Waals surface area contributed by atoms with Crippen molar-refractivity contribution in [1.29, 1.82) is 0 Å². The molecular formula is C21H20N2O4S. The zero-order chi connectivity index (χ0) is 20.1. The summed E-state index contributed by atoms with van der Waals surface area (Å²) in [6.07, 6.45) is 0. The Bertz CT molecular complexity index is 1080. The van der Waals surface area contributed by atoms with E-state index in [1.54, 1.807) is 66.7 Å². The standard InChI is InChI=1S/C21H20N2O4S/c1-23(18-10-3-2-4-11-18)28(26,27)20-13-6-5-12-19(20)21(25)22-17-9-7-8-16(14-17)15-24/h2-14,24H,15H2,1H3,(H,22,25). The lowest BCUT2D eigenvalue weighted by Gasteiger charge is -2.21. The van der Waals surface area contributed by atoms with E-state index in [0.29, 0.717) is 16.9 Å². The number of para-hydroxylation sites is 1. The second kappa shape index (κ2) is 8.24. The summed E-state index contributed by atoms with van der Waals surface area (Å²) in [5.41, 5.74) is 1.65. The second-order valence-electron chi connectivity index (χ2n) is 6.12. The zero-order valence-electron chi connectivity index (χ0n) is 15.2. The zero-order valence-corrected chi connectivity index (χ0v) is 16.1. The molecule has 144 valence electrons. The Balaban J connectivity index is 1.95. The van der Waals surface area contributed by atoms with Gasteiger partial charge in [-0.15, -0.1) is 0 Å². The third-order valence-electron chi connectivity index (χ3n) is 4.26. The molecule has 3 aromatic carbocycles. The van der Waals surface area contributed by atoms with Crippen LogP contribution in [0.25, 0.3) is 0 Å². The van der Waals surface area contributed by atoms with Gasteiger partial charge in [0, 0.05) is 12.7 Å². The summed E-state index contributed by atoms with van der Waals surface area (Å²) < 4.78 is 27.4. The first-order valence-electron chi connectivity index (χ1n) is 8.57. The van der Waals surface area contributed by atoms with Crippen molar-refractivity contribution in [3.8, 4) is 0 Å². The van der Waals surface area contributed by atoms with Crippen molar-refractivity contribution >= 4 is 27.3 Å². The van der Waals surface area contributed by atoms with E-state index >= 15 is 0 Å². The number of aliphatic hydroxyl groups is 1. The molecule has 7 heteroatoms. The third kappa shape index (κ3) is 4.05. The smallest absolute Gasteiger partial charge is 0.264 e. The molecule has 0 atom stereocenters. The Morgan fingerprint density at radius 1 is 0.964 bits per heavy atom. The van der Waals surface area contributed by atoms with E-state index in [1.807, 2.05) is 0 Å². The SMILES string of the molecule is CN(c1ccccc1)S(=O)(=O)c1ccccc1C(=O)Nc1cccc(CO)c1. The Labute approximate surface area is 164 Å². The number of rotatable bonds is 6. The largest absolute Gasteiger partial charge is 0.392 e. The number of sulfonamides is 1. The number of carbonyl (C=O) groups excluding carboxylic acids is 1. The van der Waals surface area contributed by atoms with Crippen LogP contribution >= 0.6 is 0 Å². The topological polar surface area (TPSA) is 86.7 Å². The van der Waals surface area contributed by atoms with Gasteiger partial charge in [-0.3, -0.25) is 9.10 Å². The number of anilines is 2. The molecule has 0 saturated carbocycles. The van der Waals surface area contributed by atoms with E-state index < -0.39 is 15.9 Å². The van der Waals surface area contributed by atoms with Gasteiger partial charge in [0.1, 0.15) is 4.90 Å². The quantitative estimate of drug-likeness (QED) is 0.670. The molecule has 6 nitrogen and oxygen atoms in total. The van der Waals surface area contributed by atoms with Gasteiger partial charge in [-0.1, -0.05) is 42.5 Å². The van der Waals surface area contributed by atoms with Gasteiger partial charge in [0.25, 0.3) is 15.9 Å². The molecule has 0 aliphatic carbocycles. The van der Waals surface area contributed by atoms with Crippen LogP contribution in [-0.2, 0) is 16.6 Å². The molecule has 2 N–H and O–H groups in total. The van der Waals surface area contributed by atoms with Gasteiger partial charge in [0.2, 0.25) is 0 Å². The van der Waals surface area contributed by atoms with E-state index in [1.165, 1.54) is 19.2 Å². The van der Waals surface area contributed by atoms with Gasteiger partial charge in [-0.25, -0.2) is 8.42 Å². The molecule has 3 aromatic rings. The first-order chi connectivity index (χ1) is 13.4. The molecule has 0 aliphatic heterocycles. The summed E-state index contributed by atoms with van der Waals surface area (Å²) >= 11 is 0. The number of amides is 1. The molecule has 3 rings (SSSR count). The fourth-order valence-electron chi connectivity index (χ4n) is 2.75. The van der Waals surface area contributed by atoms with Gasteiger partial charge in [0.05, 0.1) is 17.9 Å². The summed E-state index contributed by atoms with van der Waals surface area (Å²) in [6.45, 7) is -0.156. The maximum absolute atomic E-state index is 13.1. The van der Waals surface area contributed by atoms with E-state index in [4.69, 9.17) is 0 Å². The van der Waals surface area contributed by atoms with Crippen molar-refractivity contribution in [3.05, 3.63) is 90.0 Å².